The van der Waals surface area contributed by atoms with E-state index in [2.05, 4.69) is 21.2 Å². The van der Waals surface area contributed by atoms with Crippen LogP contribution >= 0.6 is 50.9 Å². The lowest BCUT2D eigenvalue weighted by Crippen LogP contribution is -2.52. The number of nitrogens with one attached hydrogen (secondary N) is 1. The van der Waals surface area contributed by atoms with Crippen molar-refractivity contribution in [3.8, 4) is 0 Å². The number of rotatable bonds is 11. The van der Waals surface area contributed by atoms with Crippen LogP contribution in [0.15, 0.2) is 77.3 Å². The molecule has 1 atom stereocenters. The Balaban J connectivity index is 1.57. The molecule has 0 aromatic heterocycles. The van der Waals surface area contributed by atoms with Crippen LogP contribution in [0.3, 0.4) is 0 Å². The van der Waals surface area contributed by atoms with Crippen molar-refractivity contribution in [2.75, 3.05) is 5.75 Å². The second kappa shape index (κ2) is 14.4. The normalized spacial score (nSPS) is 14.3. The highest BCUT2D eigenvalue weighted by atomic mass is 79.9. The van der Waals surface area contributed by atoms with E-state index in [1.165, 1.54) is 11.8 Å². The van der Waals surface area contributed by atoms with Gasteiger partial charge in [-0.3, -0.25) is 9.59 Å². The molecule has 0 bridgehead atoms. The molecule has 3 aromatic rings. The Morgan fingerprint density at radius 2 is 1.58 bits per heavy atom. The summed E-state index contributed by atoms with van der Waals surface area (Å²) >= 11 is 17.6. The Morgan fingerprint density at radius 3 is 2.24 bits per heavy atom. The first-order valence-corrected chi connectivity index (χ1v) is 15.5. The standard InChI is InChI=1S/C30H31BrCl2N2O2S/c31-23-15-13-22(14-16-23)18-35(29(36)20-38-19-25-26(32)11-6-12-27(25)33)28(17-21-7-2-1-3-8-21)30(37)34-24-9-4-5-10-24/h1-3,6-8,11-16,24,28H,4-5,9-10,17-20H2,(H,34,37). The molecule has 0 radical (unpaired) electrons. The summed E-state index contributed by atoms with van der Waals surface area (Å²) in [6.07, 6.45) is 4.66. The Morgan fingerprint density at radius 1 is 0.921 bits per heavy atom. The van der Waals surface area contributed by atoms with Gasteiger partial charge in [0.1, 0.15) is 6.04 Å². The highest BCUT2D eigenvalue weighted by molar-refractivity contribution is 9.10. The molecular formula is C30H31BrCl2N2O2S. The van der Waals surface area contributed by atoms with E-state index in [9.17, 15) is 9.59 Å². The Kier molecular flexibility index (Phi) is 11.0. The number of carbonyl (C=O) groups is 2. The molecule has 1 aliphatic carbocycles. The van der Waals surface area contributed by atoms with Gasteiger partial charge in [0.25, 0.3) is 0 Å². The van der Waals surface area contributed by atoms with Crippen molar-refractivity contribution in [3.05, 3.63) is 104 Å². The quantitative estimate of drug-likeness (QED) is 0.236. The lowest BCUT2D eigenvalue weighted by molar-refractivity contribution is -0.139. The molecule has 38 heavy (non-hydrogen) atoms. The third kappa shape index (κ3) is 8.25. The van der Waals surface area contributed by atoms with E-state index in [1.807, 2.05) is 54.6 Å². The molecule has 3 aromatic carbocycles. The molecule has 0 heterocycles. The number of halogens is 3. The van der Waals surface area contributed by atoms with Gasteiger partial charge in [0.2, 0.25) is 11.8 Å². The minimum absolute atomic E-state index is 0.0923. The van der Waals surface area contributed by atoms with Gasteiger partial charge in [-0.1, -0.05) is 101 Å². The number of nitrogens with zero attached hydrogens (tertiary/aromatic N) is 1. The van der Waals surface area contributed by atoms with Gasteiger partial charge in [-0.2, -0.15) is 0 Å². The van der Waals surface area contributed by atoms with Crippen LogP contribution in [-0.2, 0) is 28.3 Å². The van der Waals surface area contributed by atoms with Crippen molar-refractivity contribution >= 4 is 62.7 Å². The Bertz CT molecular complexity index is 1200. The first kappa shape index (κ1) is 29.0. The largest absolute Gasteiger partial charge is 0.352 e. The summed E-state index contributed by atoms with van der Waals surface area (Å²) in [7, 11) is 0. The second-order valence-corrected chi connectivity index (χ2v) is 12.3. The maximum absolute atomic E-state index is 13.8. The van der Waals surface area contributed by atoms with Gasteiger partial charge in [-0.15, -0.1) is 11.8 Å². The molecule has 1 saturated carbocycles. The number of thioether (sulfide) groups is 1. The minimum Gasteiger partial charge on any atom is -0.352 e. The molecule has 1 unspecified atom stereocenters. The molecule has 4 nitrogen and oxygen atoms in total. The summed E-state index contributed by atoms with van der Waals surface area (Å²) in [5.41, 5.74) is 2.79. The van der Waals surface area contributed by atoms with Crippen LogP contribution in [0.25, 0.3) is 0 Å². The van der Waals surface area contributed by atoms with Gasteiger partial charge in [0.05, 0.1) is 5.75 Å². The van der Waals surface area contributed by atoms with Crippen LogP contribution in [-0.4, -0.2) is 34.6 Å². The van der Waals surface area contributed by atoms with Crippen molar-refractivity contribution < 1.29 is 9.59 Å². The van der Waals surface area contributed by atoms with Crippen molar-refractivity contribution in [2.45, 2.75) is 56.5 Å². The smallest absolute Gasteiger partial charge is 0.243 e. The predicted molar refractivity (Wildman–Crippen MR) is 162 cm³/mol. The number of benzene rings is 3. The van der Waals surface area contributed by atoms with Crippen LogP contribution in [0.4, 0.5) is 0 Å². The molecule has 0 saturated heterocycles. The van der Waals surface area contributed by atoms with E-state index in [4.69, 9.17) is 23.2 Å². The number of hydrogen-bond donors (Lipinski definition) is 1. The fraction of sp³-hybridized carbons (Fsp3) is 0.333. The van der Waals surface area contributed by atoms with Gasteiger partial charge in [-0.25, -0.2) is 0 Å². The maximum Gasteiger partial charge on any atom is 0.243 e. The topological polar surface area (TPSA) is 49.4 Å². The van der Waals surface area contributed by atoms with Crippen LogP contribution in [0.5, 0.6) is 0 Å². The highest BCUT2D eigenvalue weighted by Gasteiger charge is 2.32. The maximum atomic E-state index is 13.8. The Labute approximate surface area is 247 Å². The van der Waals surface area contributed by atoms with Gasteiger partial charge >= 0.3 is 0 Å². The predicted octanol–water partition coefficient (Wildman–Crippen LogP) is 7.69. The molecule has 0 spiro atoms. The van der Waals surface area contributed by atoms with Gasteiger partial charge < -0.3 is 10.2 Å². The number of carbonyl (C=O) groups excluding carboxylic acids is 2. The Hall–Kier alpha value is -1.99. The zero-order chi connectivity index (χ0) is 26.9. The van der Waals surface area contributed by atoms with Crippen molar-refractivity contribution in [3.63, 3.8) is 0 Å². The summed E-state index contributed by atoms with van der Waals surface area (Å²) in [5.74, 6) is 0.530. The average Bonchev–Trinajstić information content (AvgIpc) is 3.42. The molecule has 4 rings (SSSR count). The van der Waals surface area contributed by atoms with E-state index < -0.39 is 6.04 Å². The zero-order valence-electron chi connectivity index (χ0n) is 21.0. The van der Waals surface area contributed by atoms with Crippen molar-refractivity contribution in [1.82, 2.24) is 10.2 Å². The highest BCUT2D eigenvalue weighted by Crippen LogP contribution is 2.29. The van der Waals surface area contributed by atoms with Crippen LogP contribution in [0.1, 0.15) is 42.4 Å². The number of amides is 2. The second-order valence-electron chi connectivity index (χ2n) is 9.54. The van der Waals surface area contributed by atoms with Gasteiger partial charge in [0.15, 0.2) is 0 Å². The zero-order valence-corrected chi connectivity index (χ0v) is 25.0. The lowest BCUT2D eigenvalue weighted by Gasteiger charge is -2.32. The summed E-state index contributed by atoms with van der Waals surface area (Å²) in [6, 6.07) is 22.7. The van der Waals surface area contributed by atoms with Crippen LogP contribution < -0.4 is 5.32 Å². The monoisotopic (exact) mass is 632 g/mol. The van der Waals surface area contributed by atoms with E-state index >= 15 is 0 Å². The minimum atomic E-state index is -0.626. The third-order valence-corrected chi connectivity index (χ3v) is 8.95. The molecular weight excluding hydrogens is 603 g/mol. The van der Waals surface area contributed by atoms with E-state index in [0.29, 0.717) is 28.8 Å². The molecule has 8 heteroatoms. The number of hydrogen-bond acceptors (Lipinski definition) is 3. The lowest BCUT2D eigenvalue weighted by atomic mass is 10.0. The van der Waals surface area contributed by atoms with Gasteiger partial charge in [0, 0.05) is 39.3 Å². The van der Waals surface area contributed by atoms with Crippen LogP contribution in [0, 0.1) is 0 Å². The first-order chi connectivity index (χ1) is 18.4. The summed E-state index contributed by atoms with van der Waals surface area (Å²) in [5, 5.41) is 4.41. The molecule has 1 N–H and O–H groups in total. The van der Waals surface area contributed by atoms with E-state index in [1.54, 1.807) is 23.1 Å². The van der Waals surface area contributed by atoms with E-state index in [0.717, 1.165) is 46.8 Å². The molecule has 2 amide bonds. The van der Waals surface area contributed by atoms with Crippen molar-refractivity contribution in [1.29, 1.82) is 0 Å². The summed E-state index contributed by atoms with van der Waals surface area (Å²) in [4.78, 5) is 29.3. The van der Waals surface area contributed by atoms with E-state index in [-0.39, 0.29) is 23.6 Å². The SMILES string of the molecule is O=C(NC1CCCC1)C(Cc1ccccc1)N(Cc1ccc(Br)cc1)C(=O)CSCc1c(Cl)cccc1Cl. The van der Waals surface area contributed by atoms with Gasteiger partial charge in [-0.05, 0) is 53.8 Å². The fourth-order valence-corrected chi connectivity index (χ4v) is 6.61. The van der Waals surface area contributed by atoms with Crippen molar-refractivity contribution in [2.24, 2.45) is 0 Å². The fourth-order valence-electron chi connectivity index (χ4n) is 4.70. The summed E-state index contributed by atoms with van der Waals surface area (Å²) < 4.78 is 0.964. The average molecular weight is 634 g/mol. The van der Waals surface area contributed by atoms with Crippen LogP contribution in [0.2, 0.25) is 10.0 Å². The third-order valence-electron chi connectivity index (χ3n) is 6.77. The molecule has 200 valence electrons. The molecule has 0 aliphatic heterocycles. The molecule has 1 fully saturated rings. The first-order valence-electron chi connectivity index (χ1n) is 12.8. The summed E-state index contributed by atoms with van der Waals surface area (Å²) in [6.45, 7) is 0.342. The molecule has 1 aliphatic rings.